The lowest BCUT2D eigenvalue weighted by Crippen LogP contribution is -2.41. The molecule has 2 unspecified atom stereocenters. The zero-order valence-corrected chi connectivity index (χ0v) is 12.4. The van der Waals surface area contributed by atoms with E-state index in [1.165, 1.54) is 44.3 Å². The van der Waals surface area contributed by atoms with Crippen molar-refractivity contribution >= 4 is 0 Å². The molecule has 1 aromatic carbocycles. The number of nitrogens with two attached hydrogens (primary N) is 1. The van der Waals surface area contributed by atoms with E-state index >= 15 is 0 Å². The minimum Gasteiger partial charge on any atom is -0.328 e. The van der Waals surface area contributed by atoms with Gasteiger partial charge in [0.2, 0.25) is 0 Å². The predicted octanol–water partition coefficient (Wildman–Crippen LogP) is 3.59. The van der Waals surface area contributed by atoms with Crippen LogP contribution in [0.1, 0.15) is 51.1 Å². The smallest absolute Gasteiger partial charge is 0.0348 e. The summed E-state index contributed by atoms with van der Waals surface area (Å²) in [4.78, 5) is 2.66. The fourth-order valence-corrected chi connectivity index (χ4v) is 3.27. The van der Waals surface area contributed by atoms with Crippen molar-refractivity contribution in [2.24, 2.45) is 11.7 Å². The number of hydrogen-bond donors (Lipinski definition) is 1. The Kier molecular flexibility index (Phi) is 5.41. The summed E-state index contributed by atoms with van der Waals surface area (Å²) < 4.78 is 0. The van der Waals surface area contributed by atoms with Gasteiger partial charge in [-0.15, -0.1) is 0 Å². The highest BCUT2D eigenvalue weighted by molar-refractivity contribution is 5.19. The molecule has 1 aliphatic heterocycles. The highest BCUT2D eigenvalue weighted by Crippen LogP contribution is 2.30. The molecule has 0 amide bonds. The van der Waals surface area contributed by atoms with Crippen LogP contribution in [0.2, 0.25) is 0 Å². The topological polar surface area (TPSA) is 29.3 Å². The van der Waals surface area contributed by atoms with Gasteiger partial charge in [0, 0.05) is 12.1 Å². The van der Waals surface area contributed by atoms with Crippen LogP contribution in [0.5, 0.6) is 0 Å². The standard InChI is InChI=1S/C17H28N2/c1-3-7-17(16-8-5-4-6-9-16)19-12-10-15(11-13-19)14(2)18/h4-6,8-9,14-15,17H,3,7,10-13,18H2,1-2H3. The lowest BCUT2D eigenvalue weighted by molar-refractivity contribution is 0.118. The molecule has 2 N–H and O–H groups in total. The number of benzene rings is 1. The summed E-state index contributed by atoms with van der Waals surface area (Å²) in [6, 6.07) is 11.9. The highest BCUT2D eigenvalue weighted by Gasteiger charge is 2.26. The first-order valence-electron chi connectivity index (χ1n) is 7.77. The van der Waals surface area contributed by atoms with Crippen LogP contribution in [0.3, 0.4) is 0 Å². The second-order valence-corrected chi connectivity index (χ2v) is 5.95. The number of nitrogens with zero attached hydrogens (tertiary/aromatic N) is 1. The first-order valence-corrected chi connectivity index (χ1v) is 7.77. The SMILES string of the molecule is CCCC(c1ccccc1)N1CCC(C(C)N)CC1. The minimum absolute atomic E-state index is 0.350. The molecule has 2 nitrogen and oxygen atoms in total. The molecule has 2 rings (SSSR count). The first-order chi connectivity index (χ1) is 9.22. The molecule has 2 heteroatoms. The Hall–Kier alpha value is -0.860. The van der Waals surface area contributed by atoms with Gasteiger partial charge in [0.05, 0.1) is 0 Å². The van der Waals surface area contributed by atoms with E-state index in [1.807, 2.05) is 0 Å². The molecule has 19 heavy (non-hydrogen) atoms. The third kappa shape index (κ3) is 3.80. The first kappa shape index (κ1) is 14.5. The van der Waals surface area contributed by atoms with Crippen LogP contribution in [0, 0.1) is 5.92 Å². The van der Waals surface area contributed by atoms with E-state index in [1.54, 1.807) is 0 Å². The third-order valence-corrected chi connectivity index (χ3v) is 4.51. The normalized spacial score (nSPS) is 21.2. The fraction of sp³-hybridized carbons (Fsp3) is 0.647. The minimum atomic E-state index is 0.350. The molecule has 0 saturated carbocycles. The molecule has 0 radical (unpaired) electrons. The Morgan fingerprint density at radius 1 is 1.21 bits per heavy atom. The second-order valence-electron chi connectivity index (χ2n) is 5.95. The zero-order valence-electron chi connectivity index (χ0n) is 12.4. The molecular weight excluding hydrogens is 232 g/mol. The second kappa shape index (κ2) is 7.06. The predicted molar refractivity (Wildman–Crippen MR) is 82.0 cm³/mol. The van der Waals surface area contributed by atoms with Gasteiger partial charge in [-0.25, -0.2) is 0 Å². The molecule has 106 valence electrons. The van der Waals surface area contributed by atoms with Crippen LogP contribution < -0.4 is 5.73 Å². The van der Waals surface area contributed by atoms with Gasteiger partial charge in [-0.05, 0) is 50.8 Å². The maximum Gasteiger partial charge on any atom is 0.0348 e. The van der Waals surface area contributed by atoms with Crippen LogP contribution in [0.15, 0.2) is 30.3 Å². The Morgan fingerprint density at radius 3 is 2.37 bits per heavy atom. The van der Waals surface area contributed by atoms with E-state index < -0.39 is 0 Å². The van der Waals surface area contributed by atoms with Crippen molar-refractivity contribution < 1.29 is 0 Å². The third-order valence-electron chi connectivity index (χ3n) is 4.51. The molecular formula is C17H28N2. The van der Waals surface area contributed by atoms with Crippen LogP contribution in [0.4, 0.5) is 0 Å². The number of likely N-dealkylation sites (tertiary alicyclic amines) is 1. The Labute approximate surface area is 118 Å². The summed E-state index contributed by atoms with van der Waals surface area (Å²) in [6.07, 6.45) is 5.01. The van der Waals surface area contributed by atoms with Gasteiger partial charge in [-0.1, -0.05) is 43.7 Å². The summed E-state index contributed by atoms with van der Waals surface area (Å²) in [5.74, 6) is 0.717. The molecule has 0 aliphatic carbocycles. The highest BCUT2D eigenvalue weighted by atomic mass is 15.2. The van der Waals surface area contributed by atoms with E-state index in [-0.39, 0.29) is 0 Å². The summed E-state index contributed by atoms with van der Waals surface area (Å²) in [5, 5.41) is 0. The zero-order chi connectivity index (χ0) is 13.7. The molecule has 0 spiro atoms. The van der Waals surface area contributed by atoms with Crippen LogP contribution in [-0.2, 0) is 0 Å². The van der Waals surface area contributed by atoms with Crippen molar-refractivity contribution in [3.05, 3.63) is 35.9 Å². The monoisotopic (exact) mass is 260 g/mol. The summed E-state index contributed by atoms with van der Waals surface area (Å²) in [5.41, 5.74) is 7.52. The Balaban J connectivity index is 2.01. The number of hydrogen-bond acceptors (Lipinski definition) is 2. The van der Waals surface area contributed by atoms with Crippen molar-refractivity contribution in [1.29, 1.82) is 0 Å². The van der Waals surface area contributed by atoms with Gasteiger partial charge in [-0.2, -0.15) is 0 Å². The van der Waals surface area contributed by atoms with Crippen molar-refractivity contribution in [2.45, 2.75) is 51.6 Å². The quantitative estimate of drug-likeness (QED) is 0.876. The van der Waals surface area contributed by atoms with Gasteiger partial charge in [-0.3, -0.25) is 4.90 Å². The van der Waals surface area contributed by atoms with Crippen molar-refractivity contribution in [2.75, 3.05) is 13.1 Å². The molecule has 1 heterocycles. The molecule has 2 atom stereocenters. The van der Waals surface area contributed by atoms with Gasteiger partial charge in [0.1, 0.15) is 0 Å². The lowest BCUT2D eigenvalue weighted by Gasteiger charge is -2.39. The van der Waals surface area contributed by atoms with E-state index in [4.69, 9.17) is 5.73 Å². The average molecular weight is 260 g/mol. The van der Waals surface area contributed by atoms with E-state index in [9.17, 15) is 0 Å². The molecule has 1 aliphatic rings. The van der Waals surface area contributed by atoms with E-state index in [0.717, 1.165) is 0 Å². The van der Waals surface area contributed by atoms with Crippen LogP contribution in [-0.4, -0.2) is 24.0 Å². The number of piperidine rings is 1. The molecule has 1 saturated heterocycles. The van der Waals surface area contributed by atoms with Gasteiger partial charge in [0.15, 0.2) is 0 Å². The molecule has 0 bridgehead atoms. The molecule has 0 aromatic heterocycles. The van der Waals surface area contributed by atoms with Crippen molar-refractivity contribution in [3.8, 4) is 0 Å². The molecule has 1 aromatic rings. The van der Waals surface area contributed by atoms with Crippen LogP contribution >= 0.6 is 0 Å². The number of rotatable bonds is 5. The maximum absolute atomic E-state index is 6.04. The Bertz CT molecular complexity index is 353. The summed E-state index contributed by atoms with van der Waals surface area (Å²) in [6.45, 7) is 6.84. The fourth-order valence-electron chi connectivity index (χ4n) is 3.27. The van der Waals surface area contributed by atoms with Gasteiger partial charge < -0.3 is 5.73 Å². The lowest BCUT2D eigenvalue weighted by atomic mass is 9.89. The van der Waals surface area contributed by atoms with Crippen molar-refractivity contribution in [3.63, 3.8) is 0 Å². The van der Waals surface area contributed by atoms with Crippen LogP contribution in [0.25, 0.3) is 0 Å². The van der Waals surface area contributed by atoms with Crippen molar-refractivity contribution in [1.82, 2.24) is 4.90 Å². The summed E-state index contributed by atoms with van der Waals surface area (Å²) >= 11 is 0. The summed E-state index contributed by atoms with van der Waals surface area (Å²) in [7, 11) is 0. The molecule has 1 fully saturated rings. The van der Waals surface area contributed by atoms with E-state index in [0.29, 0.717) is 18.0 Å². The average Bonchev–Trinajstić information content (AvgIpc) is 2.46. The largest absolute Gasteiger partial charge is 0.328 e. The Morgan fingerprint density at radius 2 is 1.84 bits per heavy atom. The van der Waals surface area contributed by atoms with E-state index in [2.05, 4.69) is 49.1 Å². The van der Waals surface area contributed by atoms with Gasteiger partial charge >= 0.3 is 0 Å². The maximum atomic E-state index is 6.04. The van der Waals surface area contributed by atoms with Gasteiger partial charge in [0.25, 0.3) is 0 Å².